The maximum atomic E-state index is 12.6. The number of carbonyl (C=O) groups excluding carboxylic acids is 5. The van der Waals surface area contributed by atoms with E-state index in [1.165, 1.54) is 72.1 Å². The second kappa shape index (κ2) is 26.1. The van der Waals surface area contributed by atoms with E-state index in [-0.39, 0.29) is 54.7 Å². The van der Waals surface area contributed by atoms with Crippen molar-refractivity contribution in [3.05, 3.63) is 11.6 Å². The van der Waals surface area contributed by atoms with Crippen LogP contribution in [0.5, 0.6) is 0 Å². The monoisotopic (exact) mass is 720 g/mol. The highest BCUT2D eigenvalue weighted by atomic mass is 16.6. The predicted octanol–water partition coefficient (Wildman–Crippen LogP) is 8.98. The van der Waals surface area contributed by atoms with Crippen LogP contribution in [0.1, 0.15) is 182 Å². The summed E-state index contributed by atoms with van der Waals surface area (Å²) in [5.41, 5.74) is 0.488. The molecule has 10 nitrogen and oxygen atoms in total. The molecule has 0 amide bonds. The average Bonchev–Trinajstić information content (AvgIpc) is 3.68. The number of rotatable bonds is 29. The van der Waals surface area contributed by atoms with Crippen molar-refractivity contribution in [2.75, 3.05) is 0 Å². The number of unbranched alkanes of at least 4 members (excludes halogenated alkanes) is 13. The Morgan fingerprint density at radius 2 is 1.14 bits per heavy atom. The van der Waals surface area contributed by atoms with Gasteiger partial charge in [0.15, 0.2) is 0 Å². The Balaban J connectivity index is 1.67. The zero-order valence-electron chi connectivity index (χ0n) is 32.4. The van der Waals surface area contributed by atoms with Gasteiger partial charge in [0.2, 0.25) is 0 Å². The molecule has 0 spiro atoms. The molecule has 2 heterocycles. The Morgan fingerprint density at radius 1 is 0.667 bits per heavy atom. The van der Waals surface area contributed by atoms with Crippen LogP contribution in [0.15, 0.2) is 11.6 Å². The first kappa shape index (κ1) is 44.4. The first-order chi connectivity index (χ1) is 24.5. The van der Waals surface area contributed by atoms with Gasteiger partial charge in [-0.05, 0) is 64.4 Å². The molecule has 0 aromatic rings. The van der Waals surface area contributed by atoms with Gasteiger partial charge in [0.1, 0.15) is 30.2 Å². The molecule has 6 atom stereocenters. The minimum absolute atomic E-state index is 0.117. The highest BCUT2D eigenvalue weighted by molar-refractivity contribution is 5.91. The van der Waals surface area contributed by atoms with Gasteiger partial charge >= 0.3 is 23.9 Å². The summed E-state index contributed by atoms with van der Waals surface area (Å²) < 4.78 is 28.3. The molecule has 0 bridgehead atoms. The van der Waals surface area contributed by atoms with Crippen LogP contribution in [0.2, 0.25) is 0 Å². The van der Waals surface area contributed by atoms with Crippen molar-refractivity contribution in [3.8, 4) is 0 Å². The second-order valence-electron chi connectivity index (χ2n) is 14.7. The molecule has 2 aliphatic rings. The van der Waals surface area contributed by atoms with Gasteiger partial charge in [0.25, 0.3) is 0 Å². The van der Waals surface area contributed by atoms with Crippen LogP contribution in [0, 0.1) is 0 Å². The first-order valence-electron chi connectivity index (χ1n) is 20.1. The fourth-order valence-corrected chi connectivity index (χ4v) is 7.25. The molecule has 51 heavy (non-hydrogen) atoms. The fourth-order valence-electron chi connectivity index (χ4n) is 7.25. The van der Waals surface area contributed by atoms with Gasteiger partial charge in [-0.1, -0.05) is 84.0 Å². The van der Waals surface area contributed by atoms with E-state index in [1.54, 1.807) is 13.0 Å². The maximum absolute atomic E-state index is 12.6. The van der Waals surface area contributed by atoms with E-state index in [2.05, 4.69) is 6.92 Å². The molecular weight excluding hydrogens is 652 g/mol. The molecule has 0 radical (unpaired) electrons. The highest BCUT2D eigenvalue weighted by Gasteiger charge is 2.38. The van der Waals surface area contributed by atoms with Crippen LogP contribution in [-0.4, -0.2) is 66.3 Å². The van der Waals surface area contributed by atoms with E-state index in [9.17, 15) is 24.0 Å². The van der Waals surface area contributed by atoms with E-state index >= 15 is 0 Å². The lowest BCUT2D eigenvalue weighted by molar-refractivity contribution is -0.163. The molecule has 0 aromatic carbocycles. The second-order valence-corrected chi connectivity index (χ2v) is 14.7. The molecule has 2 aliphatic heterocycles. The first-order valence-corrected chi connectivity index (χ1v) is 20.1. The van der Waals surface area contributed by atoms with E-state index in [0.29, 0.717) is 31.3 Å². The van der Waals surface area contributed by atoms with Crippen molar-refractivity contribution >= 4 is 29.7 Å². The van der Waals surface area contributed by atoms with Gasteiger partial charge in [0.05, 0.1) is 12.2 Å². The van der Waals surface area contributed by atoms with Crippen molar-refractivity contribution in [2.45, 2.75) is 219 Å². The SMILES string of the molecule is CCCCCCCCCCCC[C@H](OC(C)=O)[C@@H]1CC[C@@H]([C@H](CCCCCCCC(=O)CC[C@H](CC2=C[C@H](C)OC2=O)OC(C)=O)OC(C)=O)O1. The predicted molar refractivity (Wildman–Crippen MR) is 196 cm³/mol. The molecule has 0 saturated carbocycles. The molecular formula is C41H68O10. The summed E-state index contributed by atoms with van der Waals surface area (Å²) in [7, 11) is 0. The minimum atomic E-state index is -0.531. The number of hydrogen-bond donors (Lipinski definition) is 0. The summed E-state index contributed by atoms with van der Waals surface area (Å²) in [5, 5.41) is 0. The van der Waals surface area contributed by atoms with Crippen LogP contribution < -0.4 is 0 Å². The molecule has 10 heteroatoms. The molecule has 2 rings (SSSR count). The van der Waals surface area contributed by atoms with Gasteiger partial charge in [-0.2, -0.15) is 0 Å². The van der Waals surface area contributed by atoms with E-state index in [4.69, 9.17) is 23.7 Å². The van der Waals surface area contributed by atoms with E-state index < -0.39 is 18.0 Å². The number of cyclic esters (lactones) is 1. The van der Waals surface area contributed by atoms with Crippen LogP contribution in [0.3, 0.4) is 0 Å². The zero-order valence-corrected chi connectivity index (χ0v) is 32.4. The summed E-state index contributed by atoms with van der Waals surface area (Å²) in [4.78, 5) is 60.0. The quantitative estimate of drug-likeness (QED) is 0.0419. The lowest BCUT2D eigenvalue weighted by Crippen LogP contribution is -2.35. The van der Waals surface area contributed by atoms with E-state index in [1.807, 2.05) is 0 Å². The number of ketones is 1. The smallest absolute Gasteiger partial charge is 0.334 e. The van der Waals surface area contributed by atoms with Crippen molar-refractivity contribution < 1.29 is 47.7 Å². The number of Topliss-reactive ketones (excluding diaryl/α,β-unsaturated/α-hetero) is 1. The summed E-state index contributed by atoms with van der Waals surface area (Å²) in [6, 6.07) is 0. The summed E-state index contributed by atoms with van der Waals surface area (Å²) in [5.74, 6) is -1.32. The Bertz CT molecular complexity index is 1080. The normalized spacial score (nSPS) is 20.3. The van der Waals surface area contributed by atoms with E-state index in [0.717, 1.165) is 64.2 Å². The van der Waals surface area contributed by atoms with Crippen molar-refractivity contribution in [1.29, 1.82) is 0 Å². The Kier molecular flexibility index (Phi) is 22.7. The highest BCUT2D eigenvalue weighted by Crippen LogP contribution is 2.31. The molecule has 1 fully saturated rings. The number of ether oxygens (including phenoxy) is 5. The average molecular weight is 721 g/mol. The zero-order chi connectivity index (χ0) is 37.4. The topological polar surface area (TPSA) is 132 Å². The fraction of sp³-hybridized carbons (Fsp3) is 0.829. The molecule has 1 saturated heterocycles. The van der Waals surface area contributed by atoms with Crippen molar-refractivity contribution in [1.82, 2.24) is 0 Å². The van der Waals surface area contributed by atoms with Crippen molar-refractivity contribution in [3.63, 3.8) is 0 Å². The summed E-state index contributed by atoms with van der Waals surface area (Å²) in [6.45, 7) is 8.22. The van der Waals surface area contributed by atoms with Gasteiger partial charge < -0.3 is 23.7 Å². The van der Waals surface area contributed by atoms with Gasteiger partial charge in [-0.15, -0.1) is 0 Å². The van der Waals surface area contributed by atoms with Crippen LogP contribution in [-0.2, 0) is 47.7 Å². The maximum Gasteiger partial charge on any atom is 0.334 e. The standard InChI is InChI=1S/C41H68O10/c1-6-7-8-9-10-11-12-13-16-19-22-37(49-32(4)43)39-26-27-40(51-39)38(50-33(5)44)23-20-17-14-15-18-21-35(45)24-25-36(48-31(3)42)29-34-28-30(2)47-41(34)46/h28,30,36-40H,6-27,29H2,1-5H3/t30-,36+,37-,38-,39-,40-/m0/s1. The van der Waals surface area contributed by atoms with Crippen LogP contribution in [0.4, 0.5) is 0 Å². The number of hydrogen-bond acceptors (Lipinski definition) is 10. The molecule has 0 aromatic heterocycles. The molecule has 0 aliphatic carbocycles. The lowest BCUT2D eigenvalue weighted by Gasteiger charge is -2.27. The van der Waals surface area contributed by atoms with Gasteiger partial charge in [0, 0.05) is 45.6 Å². The molecule has 0 N–H and O–H groups in total. The largest absolute Gasteiger partial charge is 0.462 e. The Labute approximate surface area is 307 Å². The lowest BCUT2D eigenvalue weighted by atomic mass is 9.99. The van der Waals surface area contributed by atoms with Crippen LogP contribution >= 0.6 is 0 Å². The molecule has 0 unspecified atom stereocenters. The van der Waals surface area contributed by atoms with Crippen LogP contribution in [0.25, 0.3) is 0 Å². The van der Waals surface area contributed by atoms with Gasteiger partial charge in [-0.3, -0.25) is 19.2 Å². The van der Waals surface area contributed by atoms with Gasteiger partial charge in [-0.25, -0.2) is 4.79 Å². The third-order valence-electron chi connectivity index (χ3n) is 9.85. The van der Waals surface area contributed by atoms with Crippen molar-refractivity contribution in [2.24, 2.45) is 0 Å². The third-order valence-corrected chi connectivity index (χ3v) is 9.85. The number of carbonyl (C=O) groups is 5. The number of esters is 4. The Morgan fingerprint density at radius 3 is 1.59 bits per heavy atom. The Hall–Kier alpha value is -2.75. The minimum Gasteiger partial charge on any atom is -0.462 e. The third kappa shape index (κ3) is 20.2. The molecule has 292 valence electrons. The summed E-state index contributed by atoms with van der Waals surface area (Å²) >= 11 is 0. The summed E-state index contributed by atoms with van der Waals surface area (Å²) in [6.07, 6.45) is 21.3.